The number of hydrogen-bond acceptors (Lipinski definition) is 5. The van der Waals surface area contributed by atoms with Crippen LogP contribution in [0.3, 0.4) is 0 Å². The zero-order chi connectivity index (χ0) is 18.6. The van der Waals surface area contributed by atoms with E-state index < -0.39 is 17.5 Å². The van der Waals surface area contributed by atoms with Gasteiger partial charge in [0.1, 0.15) is 28.8 Å². The quantitative estimate of drug-likeness (QED) is 0.905. The lowest BCUT2D eigenvalue weighted by molar-refractivity contribution is 0.0506. The van der Waals surface area contributed by atoms with E-state index in [-0.39, 0.29) is 17.4 Å². The Morgan fingerprint density at radius 3 is 2.80 bits per heavy atom. The molecule has 1 aromatic carbocycles. The number of amides is 1. The second-order valence-electron chi connectivity index (χ2n) is 7.13. The van der Waals surface area contributed by atoms with Gasteiger partial charge in [-0.2, -0.15) is 5.26 Å². The van der Waals surface area contributed by atoms with E-state index in [9.17, 15) is 9.18 Å². The van der Waals surface area contributed by atoms with Gasteiger partial charge in [-0.25, -0.2) is 9.18 Å². The minimum Gasteiger partial charge on any atom is -0.495 e. The topological polar surface area (TPSA) is 74.6 Å². The fourth-order valence-corrected chi connectivity index (χ4v) is 2.82. The largest absolute Gasteiger partial charge is 0.495 e. The third-order valence-corrected chi connectivity index (χ3v) is 3.84. The van der Waals surface area contributed by atoms with Gasteiger partial charge in [0.05, 0.1) is 7.11 Å². The molecule has 7 heteroatoms. The van der Waals surface area contributed by atoms with Gasteiger partial charge in [0, 0.05) is 25.7 Å². The molecular formula is C18H24FN3O3. The highest BCUT2D eigenvalue weighted by Gasteiger charge is 2.26. The molecule has 1 fully saturated rings. The second kappa shape index (κ2) is 7.70. The molecule has 0 bridgehead atoms. The van der Waals surface area contributed by atoms with Gasteiger partial charge in [-0.1, -0.05) is 0 Å². The summed E-state index contributed by atoms with van der Waals surface area (Å²) in [7, 11) is 1.41. The Morgan fingerprint density at radius 1 is 1.48 bits per heavy atom. The van der Waals surface area contributed by atoms with Crippen molar-refractivity contribution in [1.82, 2.24) is 10.2 Å². The molecule has 0 saturated carbocycles. The molecule has 2 rings (SSSR count). The average molecular weight is 349 g/mol. The zero-order valence-corrected chi connectivity index (χ0v) is 15.1. The lowest BCUT2D eigenvalue weighted by Crippen LogP contribution is -2.40. The van der Waals surface area contributed by atoms with Gasteiger partial charge in [0.25, 0.3) is 0 Å². The fourth-order valence-electron chi connectivity index (χ4n) is 2.82. The second-order valence-corrected chi connectivity index (χ2v) is 7.13. The number of methoxy groups -OCH3 is 1. The highest BCUT2D eigenvalue weighted by Crippen LogP contribution is 2.24. The fraction of sp³-hybridized carbons (Fsp3) is 0.556. The Balaban J connectivity index is 1.94. The van der Waals surface area contributed by atoms with Crippen LogP contribution in [0.1, 0.15) is 38.3 Å². The van der Waals surface area contributed by atoms with Crippen molar-refractivity contribution in [3.63, 3.8) is 0 Å². The third-order valence-electron chi connectivity index (χ3n) is 3.84. The van der Waals surface area contributed by atoms with E-state index in [4.69, 9.17) is 14.7 Å². The number of nitrogens with zero attached hydrogens (tertiary/aromatic N) is 2. The number of nitriles is 1. The summed E-state index contributed by atoms with van der Waals surface area (Å²) in [4.78, 5) is 13.9. The van der Waals surface area contributed by atoms with E-state index in [1.54, 1.807) is 6.07 Å². The Labute approximate surface area is 147 Å². The summed E-state index contributed by atoms with van der Waals surface area (Å²) in [6.45, 7) is 7.42. The molecule has 1 aliphatic heterocycles. The number of benzene rings is 1. The van der Waals surface area contributed by atoms with Crippen molar-refractivity contribution in [3.05, 3.63) is 29.1 Å². The minimum absolute atomic E-state index is 0.0000239. The molecule has 0 spiro atoms. The van der Waals surface area contributed by atoms with Gasteiger partial charge in [-0.05, 0) is 44.9 Å². The predicted molar refractivity (Wildman–Crippen MR) is 90.7 cm³/mol. The van der Waals surface area contributed by atoms with E-state index >= 15 is 0 Å². The number of ether oxygens (including phenoxy) is 2. The smallest absolute Gasteiger partial charge is 0.407 e. The normalized spacial score (nSPS) is 17.8. The monoisotopic (exact) mass is 349 g/mol. The molecule has 1 aliphatic rings. The molecule has 0 aliphatic carbocycles. The molecule has 1 heterocycles. The summed E-state index contributed by atoms with van der Waals surface area (Å²) in [5.74, 6) is -0.348. The molecule has 0 aromatic heterocycles. The van der Waals surface area contributed by atoms with Crippen LogP contribution in [0.25, 0.3) is 0 Å². The molecule has 1 N–H and O–H groups in total. The van der Waals surface area contributed by atoms with Crippen molar-refractivity contribution in [1.29, 1.82) is 5.26 Å². The van der Waals surface area contributed by atoms with Crippen molar-refractivity contribution in [2.45, 2.75) is 45.4 Å². The number of alkyl carbamates (subject to hydrolysis) is 1. The molecule has 1 saturated heterocycles. The first-order chi connectivity index (χ1) is 11.7. The summed E-state index contributed by atoms with van der Waals surface area (Å²) < 4.78 is 24.3. The lowest BCUT2D eigenvalue weighted by Gasteiger charge is -2.22. The number of nitrogens with one attached hydrogen (secondary N) is 1. The average Bonchev–Trinajstić information content (AvgIpc) is 2.91. The van der Waals surface area contributed by atoms with Crippen molar-refractivity contribution < 1.29 is 18.7 Å². The molecule has 0 radical (unpaired) electrons. The van der Waals surface area contributed by atoms with Crippen LogP contribution >= 0.6 is 0 Å². The number of carbonyl (C=O) groups is 1. The van der Waals surface area contributed by atoms with Crippen molar-refractivity contribution in [2.24, 2.45) is 0 Å². The molecule has 1 unspecified atom stereocenters. The molecule has 6 nitrogen and oxygen atoms in total. The first-order valence-electron chi connectivity index (χ1n) is 8.20. The third kappa shape index (κ3) is 5.33. The van der Waals surface area contributed by atoms with Crippen LogP contribution in [0.4, 0.5) is 9.18 Å². The van der Waals surface area contributed by atoms with Crippen LogP contribution in [0.2, 0.25) is 0 Å². The van der Waals surface area contributed by atoms with Gasteiger partial charge in [-0.15, -0.1) is 0 Å². The number of rotatable bonds is 4. The maximum absolute atomic E-state index is 14.0. The number of likely N-dealkylation sites (tertiary alicyclic amines) is 1. The Kier molecular flexibility index (Phi) is 5.85. The maximum atomic E-state index is 14.0. The van der Waals surface area contributed by atoms with E-state index in [1.165, 1.54) is 13.2 Å². The van der Waals surface area contributed by atoms with Crippen LogP contribution in [0.5, 0.6) is 5.75 Å². The highest BCUT2D eigenvalue weighted by atomic mass is 19.1. The van der Waals surface area contributed by atoms with Gasteiger partial charge in [-0.3, -0.25) is 4.90 Å². The summed E-state index contributed by atoms with van der Waals surface area (Å²) in [5, 5.41) is 11.8. The van der Waals surface area contributed by atoms with Crippen LogP contribution in [-0.4, -0.2) is 42.8 Å². The maximum Gasteiger partial charge on any atom is 0.407 e. The molecule has 25 heavy (non-hydrogen) atoms. The van der Waals surface area contributed by atoms with Crippen LogP contribution in [0, 0.1) is 17.1 Å². The Morgan fingerprint density at radius 2 is 2.20 bits per heavy atom. The standard InChI is InChI=1S/C18H24FN3O3/c1-18(2,3)25-17(23)21-13-5-6-22(11-13)10-12-7-15(19)14(9-20)16(8-12)24-4/h7-8,13H,5-6,10-11H2,1-4H3,(H,21,23). The first-order valence-corrected chi connectivity index (χ1v) is 8.20. The number of halogens is 1. The summed E-state index contributed by atoms with van der Waals surface area (Å²) in [5.41, 5.74) is 0.113. The van der Waals surface area contributed by atoms with Crippen LogP contribution in [-0.2, 0) is 11.3 Å². The SMILES string of the molecule is COc1cc(CN2CCC(NC(=O)OC(C)(C)C)C2)cc(F)c1C#N. The lowest BCUT2D eigenvalue weighted by atomic mass is 10.1. The summed E-state index contributed by atoms with van der Waals surface area (Å²) in [6.07, 6.45) is 0.375. The van der Waals surface area contributed by atoms with Crippen molar-refractivity contribution in [3.8, 4) is 11.8 Å². The van der Waals surface area contributed by atoms with E-state index in [2.05, 4.69) is 10.2 Å². The van der Waals surface area contributed by atoms with Gasteiger partial charge >= 0.3 is 6.09 Å². The van der Waals surface area contributed by atoms with Gasteiger partial charge in [0.2, 0.25) is 0 Å². The van der Waals surface area contributed by atoms with Gasteiger partial charge < -0.3 is 14.8 Å². The summed E-state index contributed by atoms with van der Waals surface area (Å²) >= 11 is 0. The zero-order valence-electron chi connectivity index (χ0n) is 15.1. The number of carbonyl (C=O) groups excluding carboxylic acids is 1. The molecule has 1 atom stereocenters. The molecular weight excluding hydrogens is 325 g/mol. The molecule has 1 aromatic rings. The van der Waals surface area contributed by atoms with Crippen LogP contribution in [0.15, 0.2) is 12.1 Å². The van der Waals surface area contributed by atoms with E-state index in [0.29, 0.717) is 13.1 Å². The number of hydrogen-bond donors (Lipinski definition) is 1. The van der Waals surface area contributed by atoms with Gasteiger partial charge in [0.15, 0.2) is 0 Å². The van der Waals surface area contributed by atoms with E-state index in [1.807, 2.05) is 26.8 Å². The minimum atomic E-state index is -0.584. The van der Waals surface area contributed by atoms with Crippen molar-refractivity contribution in [2.75, 3.05) is 20.2 Å². The van der Waals surface area contributed by atoms with Crippen LogP contribution < -0.4 is 10.1 Å². The Hall–Kier alpha value is -2.33. The molecule has 136 valence electrons. The highest BCUT2D eigenvalue weighted by molar-refractivity contribution is 5.68. The molecule has 1 amide bonds. The van der Waals surface area contributed by atoms with Crippen molar-refractivity contribution >= 4 is 6.09 Å². The Bertz CT molecular complexity index is 679. The summed E-state index contributed by atoms with van der Waals surface area (Å²) in [6, 6.07) is 4.84. The first kappa shape index (κ1) is 19.0. The van der Waals surface area contributed by atoms with E-state index in [0.717, 1.165) is 18.5 Å². The predicted octanol–water partition coefficient (Wildman–Crippen LogP) is 2.80.